The molecule has 426 valence electrons. The number of hydrogen-bond acceptors (Lipinski definition) is 10. The second-order valence-electron chi connectivity index (χ2n) is 20.9. The van der Waals surface area contributed by atoms with Crippen molar-refractivity contribution in [3.63, 3.8) is 0 Å². The summed E-state index contributed by atoms with van der Waals surface area (Å²) in [5, 5.41) is 11.3. The van der Waals surface area contributed by atoms with Crippen molar-refractivity contribution >= 4 is 111 Å². The van der Waals surface area contributed by atoms with E-state index in [0.717, 1.165) is 11.1 Å². The molecular formula is C74H60O10P2. The van der Waals surface area contributed by atoms with E-state index < -0.39 is 14.3 Å². The number of benzene rings is 13. The van der Waals surface area contributed by atoms with Gasteiger partial charge < -0.3 is 47.0 Å². The van der Waals surface area contributed by atoms with Crippen LogP contribution in [0.25, 0.3) is 64.6 Å². The molecule has 0 amide bonds. The highest BCUT2D eigenvalue weighted by molar-refractivity contribution is 7.86. The molecule has 0 heterocycles. The van der Waals surface area contributed by atoms with Crippen molar-refractivity contribution in [3.05, 3.63) is 242 Å². The fourth-order valence-electron chi connectivity index (χ4n) is 12.5. The van der Waals surface area contributed by atoms with Crippen molar-refractivity contribution in [2.75, 3.05) is 42.7 Å². The van der Waals surface area contributed by atoms with Crippen LogP contribution in [0.1, 0.15) is 11.1 Å². The summed E-state index contributed by atoms with van der Waals surface area (Å²) >= 11 is 0. The summed E-state index contributed by atoms with van der Waals surface area (Å²) in [5.74, 6) is 3.65. The molecule has 0 saturated heterocycles. The van der Waals surface area contributed by atoms with Crippen LogP contribution in [-0.2, 0) is 22.3 Å². The highest BCUT2D eigenvalue weighted by Gasteiger charge is 2.39. The molecule has 86 heavy (non-hydrogen) atoms. The minimum atomic E-state index is -3.87. The van der Waals surface area contributed by atoms with Gasteiger partial charge in [0, 0.05) is 85.9 Å². The van der Waals surface area contributed by atoms with E-state index in [9.17, 15) is 0 Å². The van der Waals surface area contributed by atoms with Gasteiger partial charge in [0.25, 0.3) is 0 Å². The zero-order valence-corrected chi connectivity index (χ0v) is 50.1. The number of ether oxygens (including phenoxy) is 8. The van der Waals surface area contributed by atoms with Gasteiger partial charge in [-0.15, -0.1) is 0 Å². The minimum absolute atomic E-state index is 0.118. The molecule has 0 aliphatic heterocycles. The first kappa shape index (κ1) is 55.5. The standard InChI is InChI=1S/C74H60O10P2/c1-77-59-41-57-61(79-3)43-63(85(75,49-29-17-9-18-30-49)50-31-19-10-20-32-50)73(83-45-47-25-13-7-14-26-47)69(57)65-53(59)37-39-55-67(65)68-56(72(82-6)71(55)81-5)40-38-54-60(78-2)42-58-62(80-4)44-64(74(70(58)66(54)68)84-46-48-27-15-8-16-28-48)86(76,51-33-21-11-22-34-51)52-35-23-12-24-36-52/h7-44H,45-46H2,1-6H3. The molecule has 13 aromatic carbocycles. The Hall–Kier alpha value is -9.72. The molecule has 12 heteroatoms. The molecule has 0 saturated carbocycles. The van der Waals surface area contributed by atoms with Crippen LogP contribution in [0.2, 0.25) is 0 Å². The van der Waals surface area contributed by atoms with Gasteiger partial charge in [0.2, 0.25) is 0 Å². The molecule has 0 unspecified atom stereocenters. The maximum atomic E-state index is 17.2. The van der Waals surface area contributed by atoms with Gasteiger partial charge in [-0.2, -0.15) is 0 Å². The van der Waals surface area contributed by atoms with Crippen molar-refractivity contribution in [1.29, 1.82) is 0 Å². The lowest BCUT2D eigenvalue weighted by molar-refractivity contribution is 0.312. The van der Waals surface area contributed by atoms with Gasteiger partial charge in [0.15, 0.2) is 25.8 Å². The Bertz CT molecular complexity index is 4420. The first-order valence-corrected chi connectivity index (χ1v) is 31.6. The second-order valence-corrected chi connectivity index (χ2v) is 26.3. The monoisotopic (exact) mass is 1170 g/mol. The third-order valence-electron chi connectivity index (χ3n) is 16.4. The Morgan fingerprint density at radius 1 is 0.267 bits per heavy atom. The molecule has 13 rings (SSSR count). The van der Waals surface area contributed by atoms with E-state index in [1.54, 1.807) is 42.7 Å². The summed E-state index contributed by atoms with van der Waals surface area (Å²) in [5.41, 5.74) is 1.80. The van der Waals surface area contributed by atoms with E-state index in [1.165, 1.54) is 0 Å². The van der Waals surface area contributed by atoms with Crippen molar-refractivity contribution in [2.45, 2.75) is 13.2 Å². The Morgan fingerprint density at radius 3 is 0.826 bits per heavy atom. The van der Waals surface area contributed by atoms with Gasteiger partial charge in [-0.1, -0.05) is 182 Å². The molecule has 0 spiro atoms. The molecule has 0 radical (unpaired) electrons. The van der Waals surface area contributed by atoms with Crippen LogP contribution >= 0.6 is 14.3 Å². The smallest absolute Gasteiger partial charge is 0.174 e. The molecule has 0 aliphatic rings. The van der Waals surface area contributed by atoms with Crippen LogP contribution in [0.5, 0.6) is 46.0 Å². The van der Waals surface area contributed by atoms with Crippen LogP contribution in [0.3, 0.4) is 0 Å². The van der Waals surface area contributed by atoms with E-state index in [2.05, 4.69) is 0 Å². The van der Waals surface area contributed by atoms with Crippen molar-refractivity contribution < 1.29 is 47.0 Å². The van der Waals surface area contributed by atoms with E-state index in [-0.39, 0.29) is 13.2 Å². The quantitative estimate of drug-likeness (QED) is 0.0609. The van der Waals surface area contributed by atoms with Gasteiger partial charge in [-0.3, -0.25) is 0 Å². The van der Waals surface area contributed by atoms with Gasteiger partial charge in [0.1, 0.15) is 47.7 Å². The maximum absolute atomic E-state index is 17.2. The summed E-state index contributed by atoms with van der Waals surface area (Å²) in [6.45, 7) is 0.237. The summed E-state index contributed by atoms with van der Waals surface area (Å²) in [6.07, 6.45) is 0. The Kier molecular flexibility index (Phi) is 14.9. The number of hydrogen-bond donors (Lipinski definition) is 0. The van der Waals surface area contributed by atoms with Crippen LogP contribution in [0.15, 0.2) is 231 Å². The predicted octanol–water partition coefficient (Wildman–Crippen LogP) is 15.1. The third kappa shape index (κ3) is 9.02. The highest BCUT2D eigenvalue weighted by atomic mass is 31.2. The normalized spacial score (nSPS) is 11.8. The fourth-order valence-corrected chi connectivity index (χ4v) is 18.1. The van der Waals surface area contributed by atoms with E-state index in [0.29, 0.717) is 142 Å². The predicted molar refractivity (Wildman–Crippen MR) is 351 cm³/mol. The molecule has 0 aromatic heterocycles. The summed E-state index contributed by atoms with van der Waals surface area (Å²) in [6, 6.07) is 74.0. The van der Waals surface area contributed by atoms with Gasteiger partial charge in [-0.05, 0) is 59.7 Å². The average molecular weight is 1170 g/mol. The van der Waals surface area contributed by atoms with Crippen LogP contribution in [0, 0.1) is 0 Å². The van der Waals surface area contributed by atoms with Crippen LogP contribution in [-0.4, -0.2) is 42.7 Å². The molecule has 0 N–H and O–H groups in total. The topological polar surface area (TPSA) is 108 Å². The summed E-state index contributed by atoms with van der Waals surface area (Å²) in [4.78, 5) is 0. The lowest BCUT2D eigenvalue weighted by atomic mass is 9.87. The van der Waals surface area contributed by atoms with Crippen molar-refractivity contribution in [2.24, 2.45) is 0 Å². The van der Waals surface area contributed by atoms with E-state index in [1.807, 2.05) is 231 Å². The Balaban J connectivity index is 1.33. The fraction of sp³-hybridized carbons (Fsp3) is 0.108. The summed E-state index contributed by atoms with van der Waals surface area (Å²) < 4.78 is 88.2. The molecule has 0 aliphatic carbocycles. The van der Waals surface area contributed by atoms with E-state index in [4.69, 9.17) is 37.9 Å². The van der Waals surface area contributed by atoms with Crippen LogP contribution < -0.4 is 69.7 Å². The Labute approximate surface area is 498 Å². The molecule has 0 atom stereocenters. The lowest BCUT2D eigenvalue weighted by Gasteiger charge is -2.27. The van der Waals surface area contributed by atoms with Crippen molar-refractivity contribution in [3.8, 4) is 46.0 Å². The SMILES string of the molecule is COc1cc(P(=O)(c2ccccc2)c2ccccc2)c(OCc2ccccc2)c2c1cc(OC)c1ccc3c(OC)c(OC)c4ccc5c(OC)cc6c(OC)cc(P(=O)(c7ccccc7)c7ccccc7)c(OCc7ccccc7)c6c5c4c3c12. The maximum Gasteiger partial charge on any atom is 0.174 e. The van der Waals surface area contributed by atoms with E-state index >= 15 is 9.13 Å². The zero-order chi connectivity index (χ0) is 59.1. The Morgan fingerprint density at radius 2 is 0.535 bits per heavy atom. The van der Waals surface area contributed by atoms with Crippen LogP contribution in [0.4, 0.5) is 0 Å². The molecule has 0 fully saturated rings. The first-order valence-electron chi connectivity index (χ1n) is 28.2. The van der Waals surface area contributed by atoms with Gasteiger partial charge >= 0.3 is 0 Å². The van der Waals surface area contributed by atoms with Gasteiger partial charge in [0.05, 0.1) is 53.3 Å². The zero-order valence-electron chi connectivity index (χ0n) is 48.3. The van der Waals surface area contributed by atoms with Gasteiger partial charge in [-0.25, -0.2) is 0 Å². The highest BCUT2D eigenvalue weighted by Crippen LogP contribution is 2.58. The molecular weight excluding hydrogens is 1110 g/mol. The molecule has 10 nitrogen and oxygen atoms in total. The second kappa shape index (κ2) is 23.0. The first-order chi connectivity index (χ1) is 42.2. The molecule has 13 aromatic rings. The lowest BCUT2D eigenvalue weighted by Crippen LogP contribution is -2.27. The third-order valence-corrected chi connectivity index (χ3v) is 22.5. The number of methoxy groups -OCH3 is 6. The van der Waals surface area contributed by atoms with Crippen molar-refractivity contribution in [1.82, 2.24) is 0 Å². The minimum Gasteiger partial charge on any atom is -0.496 e. The largest absolute Gasteiger partial charge is 0.496 e. The average Bonchev–Trinajstić information content (AvgIpc) is 0.702. The number of fused-ring (bicyclic) bond motifs is 11. The summed E-state index contributed by atoms with van der Waals surface area (Å²) in [7, 11) is 2.09. The number of rotatable bonds is 18. The molecule has 0 bridgehead atoms.